The van der Waals surface area contributed by atoms with E-state index in [2.05, 4.69) is 20.8 Å². The molecular formula is C21H26N4O3S. The Labute approximate surface area is 170 Å². The number of sulfonamides is 1. The van der Waals surface area contributed by atoms with E-state index in [9.17, 15) is 13.2 Å². The van der Waals surface area contributed by atoms with Crippen LogP contribution in [0.1, 0.15) is 50.5 Å². The molecule has 2 aromatic heterocycles. The van der Waals surface area contributed by atoms with Crippen molar-refractivity contribution < 1.29 is 13.2 Å². The fourth-order valence-electron chi connectivity index (χ4n) is 4.18. The second kappa shape index (κ2) is 7.25. The van der Waals surface area contributed by atoms with Gasteiger partial charge in [-0.15, -0.1) is 0 Å². The van der Waals surface area contributed by atoms with Gasteiger partial charge in [-0.2, -0.15) is 0 Å². The quantitative estimate of drug-likeness (QED) is 0.649. The van der Waals surface area contributed by atoms with Crippen molar-refractivity contribution in [3.8, 4) is 0 Å². The first-order valence-electron chi connectivity index (χ1n) is 10.4. The number of carbonyl (C=O) groups excluding carboxylic acids is 1. The Morgan fingerprint density at radius 2 is 2.07 bits per heavy atom. The Balaban J connectivity index is 1.38. The average molecular weight is 415 g/mol. The van der Waals surface area contributed by atoms with Crippen molar-refractivity contribution in [2.45, 2.75) is 57.0 Å². The van der Waals surface area contributed by atoms with Crippen molar-refractivity contribution in [1.29, 1.82) is 0 Å². The van der Waals surface area contributed by atoms with Crippen LogP contribution in [0.5, 0.6) is 0 Å². The number of aromatic nitrogens is 2. The van der Waals surface area contributed by atoms with Gasteiger partial charge < -0.3 is 4.98 Å². The lowest BCUT2D eigenvalue weighted by molar-refractivity contribution is -0.107. The summed E-state index contributed by atoms with van der Waals surface area (Å²) in [5.41, 5.74) is 3.05. The minimum absolute atomic E-state index is 0.0385. The topological polar surface area (TPSA) is 95.2 Å². The van der Waals surface area contributed by atoms with Crippen LogP contribution < -0.4 is 9.62 Å². The highest BCUT2D eigenvalue weighted by Gasteiger charge is 2.32. The maximum absolute atomic E-state index is 12.3. The lowest BCUT2D eigenvalue weighted by atomic mass is 9.90. The summed E-state index contributed by atoms with van der Waals surface area (Å²) in [6, 6.07) is 4.23. The molecule has 7 nitrogen and oxygen atoms in total. The van der Waals surface area contributed by atoms with Gasteiger partial charge in [0, 0.05) is 23.7 Å². The second-order valence-electron chi connectivity index (χ2n) is 8.56. The fourth-order valence-corrected chi connectivity index (χ4v) is 5.96. The second-order valence-corrected chi connectivity index (χ2v) is 10.4. The van der Waals surface area contributed by atoms with Crippen molar-refractivity contribution in [3.63, 3.8) is 0 Å². The number of nitrogens with one attached hydrogen (secondary N) is 2. The first-order valence-corrected chi connectivity index (χ1v) is 12.1. The van der Waals surface area contributed by atoms with E-state index >= 15 is 0 Å². The van der Waals surface area contributed by atoms with Crippen molar-refractivity contribution >= 4 is 38.9 Å². The standard InChI is InChI=1S/C21H26N4O3S/c26-13-25(17-7-8-17)20-11-19(18-9-10-22-21(18)23-20)15-3-5-16(6-4-15)24-29(27,28)12-14-1-2-14/h3,9-11,13-14,16-17,24H,1-2,4-8,12H2,(H,22,23). The summed E-state index contributed by atoms with van der Waals surface area (Å²) in [6.45, 7) is 0. The van der Waals surface area contributed by atoms with Gasteiger partial charge in [0.1, 0.15) is 11.5 Å². The molecule has 3 aliphatic carbocycles. The van der Waals surface area contributed by atoms with E-state index in [0.717, 1.165) is 61.5 Å². The van der Waals surface area contributed by atoms with Crippen LogP contribution >= 0.6 is 0 Å². The van der Waals surface area contributed by atoms with E-state index < -0.39 is 10.0 Å². The summed E-state index contributed by atoms with van der Waals surface area (Å²) < 4.78 is 27.4. The van der Waals surface area contributed by atoms with E-state index in [0.29, 0.717) is 18.2 Å². The number of hydrogen-bond acceptors (Lipinski definition) is 4. The molecule has 0 aliphatic heterocycles. The summed E-state index contributed by atoms with van der Waals surface area (Å²) in [5, 5.41) is 1.04. The number of anilines is 1. The number of amides is 1. The van der Waals surface area contributed by atoms with Crippen molar-refractivity contribution in [2.75, 3.05) is 10.7 Å². The highest BCUT2D eigenvalue weighted by molar-refractivity contribution is 7.89. The molecule has 2 heterocycles. The minimum Gasteiger partial charge on any atom is -0.346 e. The molecule has 1 amide bonds. The Hall–Kier alpha value is -2.19. The molecule has 154 valence electrons. The molecular weight excluding hydrogens is 388 g/mol. The van der Waals surface area contributed by atoms with E-state index in [1.165, 1.54) is 5.57 Å². The van der Waals surface area contributed by atoms with E-state index in [4.69, 9.17) is 0 Å². The van der Waals surface area contributed by atoms with Gasteiger partial charge in [-0.25, -0.2) is 18.1 Å². The van der Waals surface area contributed by atoms with Gasteiger partial charge in [0.05, 0.1) is 5.75 Å². The lowest BCUT2D eigenvalue weighted by Crippen LogP contribution is -2.37. The number of pyridine rings is 1. The minimum atomic E-state index is -3.19. The molecule has 0 bridgehead atoms. The number of allylic oxidation sites excluding steroid dienone is 1. The number of H-pyrrole nitrogens is 1. The van der Waals surface area contributed by atoms with Crippen LogP contribution in [0.25, 0.3) is 16.6 Å². The molecule has 3 aliphatic rings. The van der Waals surface area contributed by atoms with Gasteiger partial charge in [0.25, 0.3) is 0 Å². The molecule has 0 saturated heterocycles. The Bertz CT molecular complexity index is 1070. The third-order valence-electron chi connectivity index (χ3n) is 6.09. The molecule has 29 heavy (non-hydrogen) atoms. The molecule has 5 rings (SSSR count). The summed E-state index contributed by atoms with van der Waals surface area (Å²) in [4.78, 5) is 21.1. The van der Waals surface area contributed by atoms with Crippen LogP contribution in [0.15, 0.2) is 24.4 Å². The zero-order chi connectivity index (χ0) is 20.0. The molecule has 2 saturated carbocycles. The maximum atomic E-state index is 12.3. The Kier molecular flexibility index (Phi) is 4.70. The molecule has 1 unspecified atom stereocenters. The van der Waals surface area contributed by atoms with Crippen LogP contribution in [0.2, 0.25) is 0 Å². The summed E-state index contributed by atoms with van der Waals surface area (Å²) in [7, 11) is -3.19. The highest BCUT2D eigenvalue weighted by Crippen LogP contribution is 2.36. The predicted octanol–water partition coefficient (Wildman–Crippen LogP) is 2.95. The predicted molar refractivity (Wildman–Crippen MR) is 113 cm³/mol. The lowest BCUT2D eigenvalue weighted by Gasteiger charge is -2.24. The van der Waals surface area contributed by atoms with E-state index in [-0.39, 0.29) is 17.8 Å². The van der Waals surface area contributed by atoms with E-state index in [1.807, 2.05) is 18.3 Å². The smallest absolute Gasteiger partial charge is 0.215 e. The third kappa shape index (κ3) is 4.09. The largest absolute Gasteiger partial charge is 0.346 e. The zero-order valence-corrected chi connectivity index (χ0v) is 17.1. The summed E-state index contributed by atoms with van der Waals surface area (Å²) in [5.74, 6) is 1.30. The zero-order valence-electron chi connectivity index (χ0n) is 16.3. The number of aromatic amines is 1. The van der Waals surface area contributed by atoms with Gasteiger partial charge >= 0.3 is 0 Å². The third-order valence-corrected chi connectivity index (χ3v) is 7.69. The van der Waals surface area contributed by atoms with Crippen molar-refractivity contribution in [1.82, 2.24) is 14.7 Å². The number of carbonyl (C=O) groups is 1. The molecule has 1 atom stereocenters. The fraction of sp³-hybridized carbons (Fsp3) is 0.524. The van der Waals surface area contributed by atoms with Crippen LogP contribution in [0, 0.1) is 5.92 Å². The molecule has 0 aromatic carbocycles. The number of nitrogens with zero attached hydrogens (tertiary/aromatic N) is 2. The van der Waals surface area contributed by atoms with Crippen molar-refractivity contribution in [3.05, 3.63) is 30.0 Å². The van der Waals surface area contributed by atoms with Gasteiger partial charge in [-0.05, 0) is 74.1 Å². The molecule has 2 fully saturated rings. The van der Waals surface area contributed by atoms with Gasteiger partial charge in [-0.3, -0.25) is 9.69 Å². The summed E-state index contributed by atoms with van der Waals surface area (Å²) in [6.07, 6.45) is 11.2. The van der Waals surface area contributed by atoms with Gasteiger partial charge in [0.2, 0.25) is 16.4 Å². The SMILES string of the molecule is O=CN(c1cc(C2=CCC(NS(=O)(=O)CC3CC3)CC2)c2cc[nH]c2n1)C1CC1. The van der Waals surface area contributed by atoms with Crippen LogP contribution in [0.3, 0.4) is 0 Å². The highest BCUT2D eigenvalue weighted by atomic mass is 32.2. The molecule has 8 heteroatoms. The first-order chi connectivity index (χ1) is 14.0. The maximum Gasteiger partial charge on any atom is 0.215 e. The molecule has 2 aromatic rings. The van der Waals surface area contributed by atoms with Crippen LogP contribution in [-0.2, 0) is 14.8 Å². The van der Waals surface area contributed by atoms with Crippen LogP contribution in [-0.4, -0.2) is 42.6 Å². The van der Waals surface area contributed by atoms with Crippen molar-refractivity contribution in [2.24, 2.45) is 5.92 Å². The van der Waals surface area contributed by atoms with Gasteiger partial charge in [-0.1, -0.05) is 6.08 Å². The molecule has 2 N–H and O–H groups in total. The molecule has 0 spiro atoms. The van der Waals surface area contributed by atoms with Crippen LogP contribution in [0.4, 0.5) is 5.82 Å². The molecule has 0 radical (unpaired) electrons. The number of rotatable bonds is 8. The monoisotopic (exact) mass is 414 g/mol. The van der Waals surface area contributed by atoms with Gasteiger partial charge in [0.15, 0.2) is 0 Å². The summed E-state index contributed by atoms with van der Waals surface area (Å²) >= 11 is 0. The number of hydrogen-bond donors (Lipinski definition) is 2. The Morgan fingerprint density at radius 1 is 1.24 bits per heavy atom. The number of fused-ring (bicyclic) bond motifs is 1. The Morgan fingerprint density at radius 3 is 2.72 bits per heavy atom. The normalized spacial score (nSPS) is 22.5. The van der Waals surface area contributed by atoms with E-state index in [1.54, 1.807) is 4.90 Å². The first kappa shape index (κ1) is 18.8. The average Bonchev–Trinajstić information content (AvgIpc) is 3.62.